The molecule has 0 aromatic carbocycles. The van der Waals surface area contributed by atoms with Gasteiger partial charge in [0.25, 0.3) is 0 Å². The van der Waals surface area contributed by atoms with E-state index in [2.05, 4.69) is 0 Å². The molecule has 4 N–H and O–H groups in total. The average molecular weight is 251 g/mol. The molecule has 0 saturated carbocycles. The van der Waals surface area contributed by atoms with Gasteiger partial charge in [0.15, 0.2) is 6.29 Å². The van der Waals surface area contributed by atoms with Gasteiger partial charge in [-0.2, -0.15) is 0 Å². The summed E-state index contributed by atoms with van der Waals surface area (Å²) < 4.78 is 10.4. The van der Waals surface area contributed by atoms with Crippen LogP contribution in [-0.2, 0) is 9.47 Å². The Morgan fingerprint density at radius 2 is 1.76 bits per heavy atom. The zero-order valence-corrected chi connectivity index (χ0v) is 10.1. The van der Waals surface area contributed by atoms with E-state index in [0.29, 0.717) is 13.2 Å². The Hall–Kier alpha value is -0.280. The van der Waals surface area contributed by atoms with Crippen LogP contribution in [0.3, 0.4) is 0 Å². The van der Waals surface area contributed by atoms with Crippen molar-refractivity contribution in [1.29, 1.82) is 0 Å². The number of aliphatic hydroxyl groups excluding tert-OH is 4. The van der Waals surface area contributed by atoms with E-state index in [4.69, 9.17) is 14.6 Å². The zero-order chi connectivity index (χ0) is 13.0. The van der Waals surface area contributed by atoms with Gasteiger partial charge in [-0.1, -0.05) is 0 Å². The van der Waals surface area contributed by atoms with E-state index in [-0.39, 0.29) is 0 Å². The van der Waals surface area contributed by atoms with Crippen LogP contribution in [0.5, 0.6) is 0 Å². The molecule has 0 aromatic rings. The molecule has 0 aliphatic carbocycles. The molecule has 7 heteroatoms. The van der Waals surface area contributed by atoms with Crippen LogP contribution in [0.4, 0.5) is 0 Å². The van der Waals surface area contributed by atoms with E-state index in [1.807, 2.05) is 19.0 Å². The van der Waals surface area contributed by atoms with Gasteiger partial charge in [0.1, 0.15) is 24.4 Å². The monoisotopic (exact) mass is 251 g/mol. The lowest BCUT2D eigenvalue weighted by Crippen LogP contribution is -2.59. The highest BCUT2D eigenvalue weighted by Gasteiger charge is 2.43. The molecule has 1 aliphatic heterocycles. The lowest BCUT2D eigenvalue weighted by atomic mass is 9.99. The average Bonchev–Trinajstić information content (AvgIpc) is 2.29. The maximum Gasteiger partial charge on any atom is 0.186 e. The summed E-state index contributed by atoms with van der Waals surface area (Å²) in [6, 6.07) is 0. The quantitative estimate of drug-likeness (QED) is 0.424. The SMILES string of the molecule is CN(C)CCO[C@H]1O[C@@H](CO)[C@@H](O)[C@@H](O)[C@@H]1O. The molecule has 0 spiro atoms. The molecule has 0 amide bonds. The van der Waals surface area contributed by atoms with Gasteiger partial charge in [-0.05, 0) is 14.1 Å². The van der Waals surface area contributed by atoms with Crippen LogP contribution in [0.15, 0.2) is 0 Å². The highest BCUT2D eigenvalue weighted by Crippen LogP contribution is 2.21. The smallest absolute Gasteiger partial charge is 0.186 e. The first-order valence-corrected chi connectivity index (χ1v) is 5.54. The maximum absolute atomic E-state index is 9.63. The van der Waals surface area contributed by atoms with E-state index in [1.165, 1.54) is 0 Å². The van der Waals surface area contributed by atoms with Crippen molar-refractivity contribution in [1.82, 2.24) is 4.90 Å². The first kappa shape index (κ1) is 14.8. The number of hydrogen-bond donors (Lipinski definition) is 4. The number of likely N-dealkylation sites (N-methyl/N-ethyl adjacent to an activating group) is 1. The predicted molar refractivity (Wildman–Crippen MR) is 58.3 cm³/mol. The summed E-state index contributed by atoms with van der Waals surface area (Å²) in [5.74, 6) is 0. The van der Waals surface area contributed by atoms with Crippen LogP contribution in [0.1, 0.15) is 0 Å². The summed E-state index contributed by atoms with van der Waals surface area (Å²) in [6.07, 6.45) is -6.01. The van der Waals surface area contributed by atoms with Crippen molar-refractivity contribution in [2.45, 2.75) is 30.7 Å². The number of hydrogen-bond acceptors (Lipinski definition) is 7. The Kier molecular flexibility index (Phi) is 5.74. The number of rotatable bonds is 5. The summed E-state index contributed by atoms with van der Waals surface area (Å²) in [4.78, 5) is 1.89. The van der Waals surface area contributed by atoms with E-state index in [9.17, 15) is 15.3 Å². The summed E-state index contributed by atoms with van der Waals surface area (Å²) >= 11 is 0. The van der Waals surface area contributed by atoms with Crippen LogP contribution in [0.25, 0.3) is 0 Å². The Morgan fingerprint density at radius 3 is 2.29 bits per heavy atom. The third kappa shape index (κ3) is 3.85. The van der Waals surface area contributed by atoms with Crippen LogP contribution in [0.2, 0.25) is 0 Å². The van der Waals surface area contributed by atoms with Crippen LogP contribution in [0, 0.1) is 0 Å². The second kappa shape index (κ2) is 6.60. The van der Waals surface area contributed by atoms with E-state index in [1.54, 1.807) is 0 Å². The number of aliphatic hydroxyl groups is 4. The van der Waals surface area contributed by atoms with Gasteiger partial charge in [-0.15, -0.1) is 0 Å². The molecule has 0 aromatic heterocycles. The molecule has 1 heterocycles. The Balaban J connectivity index is 2.47. The summed E-state index contributed by atoms with van der Waals surface area (Å²) in [7, 11) is 3.74. The Morgan fingerprint density at radius 1 is 1.12 bits per heavy atom. The summed E-state index contributed by atoms with van der Waals surface area (Å²) in [5.41, 5.74) is 0. The molecule has 1 fully saturated rings. The Bertz CT molecular complexity index is 225. The molecule has 1 saturated heterocycles. The van der Waals surface area contributed by atoms with Gasteiger partial charge in [0, 0.05) is 6.54 Å². The molecule has 1 rings (SSSR count). The lowest BCUT2D eigenvalue weighted by molar-refractivity contribution is -0.301. The van der Waals surface area contributed by atoms with E-state index < -0.39 is 37.3 Å². The molecule has 1 aliphatic rings. The van der Waals surface area contributed by atoms with Crippen molar-refractivity contribution in [3.63, 3.8) is 0 Å². The molecular formula is C10H21NO6. The second-order valence-electron chi connectivity index (χ2n) is 4.37. The van der Waals surface area contributed by atoms with Gasteiger partial charge < -0.3 is 34.8 Å². The minimum absolute atomic E-state index is 0.315. The molecular weight excluding hydrogens is 230 g/mol. The fraction of sp³-hybridized carbons (Fsp3) is 1.00. The van der Waals surface area contributed by atoms with Gasteiger partial charge in [-0.3, -0.25) is 0 Å². The van der Waals surface area contributed by atoms with Gasteiger partial charge in [0.2, 0.25) is 0 Å². The molecule has 102 valence electrons. The van der Waals surface area contributed by atoms with Crippen molar-refractivity contribution >= 4 is 0 Å². The van der Waals surface area contributed by atoms with E-state index in [0.717, 1.165) is 0 Å². The van der Waals surface area contributed by atoms with Crippen LogP contribution >= 0.6 is 0 Å². The van der Waals surface area contributed by atoms with Crippen LogP contribution in [-0.4, -0.2) is 89.9 Å². The third-order valence-corrected chi connectivity index (χ3v) is 2.67. The highest BCUT2D eigenvalue weighted by molar-refractivity contribution is 4.88. The second-order valence-corrected chi connectivity index (χ2v) is 4.37. The summed E-state index contributed by atoms with van der Waals surface area (Å²) in [6.45, 7) is 0.503. The van der Waals surface area contributed by atoms with Gasteiger partial charge in [-0.25, -0.2) is 0 Å². The molecule has 0 bridgehead atoms. The number of ether oxygens (including phenoxy) is 2. The highest BCUT2D eigenvalue weighted by atomic mass is 16.7. The summed E-state index contributed by atoms with van der Waals surface area (Å²) in [5, 5.41) is 37.6. The van der Waals surface area contributed by atoms with Crippen molar-refractivity contribution in [3.05, 3.63) is 0 Å². The fourth-order valence-electron chi connectivity index (χ4n) is 1.56. The van der Waals surface area contributed by atoms with Crippen molar-refractivity contribution in [3.8, 4) is 0 Å². The fourth-order valence-corrected chi connectivity index (χ4v) is 1.56. The van der Waals surface area contributed by atoms with Crippen molar-refractivity contribution in [2.24, 2.45) is 0 Å². The van der Waals surface area contributed by atoms with Crippen molar-refractivity contribution < 1.29 is 29.9 Å². The third-order valence-electron chi connectivity index (χ3n) is 2.67. The van der Waals surface area contributed by atoms with Gasteiger partial charge in [0.05, 0.1) is 13.2 Å². The van der Waals surface area contributed by atoms with Crippen LogP contribution < -0.4 is 0 Å². The largest absolute Gasteiger partial charge is 0.394 e. The predicted octanol–water partition coefficient (Wildman–Crippen LogP) is -2.64. The lowest BCUT2D eigenvalue weighted by Gasteiger charge is -2.39. The minimum Gasteiger partial charge on any atom is -0.394 e. The maximum atomic E-state index is 9.63. The minimum atomic E-state index is -1.38. The van der Waals surface area contributed by atoms with E-state index >= 15 is 0 Å². The number of nitrogens with zero attached hydrogens (tertiary/aromatic N) is 1. The molecule has 0 radical (unpaired) electrons. The Labute approximate surface area is 100 Å². The molecule has 17 heavy (non-hydrogen) atoms. The first-order chi connectivity index (χ1) is 7.97. The molecule has 0 unspecified atom stereocenters. The molecule has 5 atom stereocenters. The molecule has 7 nitrogen and oxygen atoms in total. The topological polar surface area (TPSA) is 103 Å². The van der Waals surface area contributed by atoms with Crippen molar-refractivity contribution in [2.75, 3.05) is 33.9 Å². The zero-order valence-electron chi connectivity index (χ0n) is 10.1. The first-order valence-electron chi connectivity index (χ1n) is 5.54. The van der Waals surface area contributed by atoms with Gasteiger partial charge >= 0.3 is 0 Å². The standard InChI is InChI=1S/C10H21NO6/c1-11(2)3-4-16-10-9(15)8(14)7(13)6(5-12)17-10/h6-10,12-15H,3-5H2,1-2H3/t6-,7+,8+,9-,10-/m0/s1. The normalized spacial score (nSPS) is 38.6.